The number of nitrogens with zero attached hydrogens (tertiary/aromatic N) is 4. The number of hydrogen-bond donors (Lipinski definition) is 0. The summed E-state index contributed by atoms with van der Waals surface area (Å²) >= 11 is 0. The molecule has 1 amide bonds. The predicted octanol–water partition coefficient (Wildman–Crippen LogP) is 4.63. The molecule has 0 spiro atoms. The highest BCUT2D eigenvalue weighted by atomic mass is 19.1. The fourth-order valence-corrected chi connectivity index (χ4v) is 4.86. The predicted molar refractivity (Wildman–Crippen MR) is 136 cm³/mol. The lowest BCUT2D eigenvalue weighted by molar-refractivity contribution is -0.134. The molecule has 35 heavy (non-hydrogen) atoms. The first kappa shape index (κ1) is 23.4. The summed E-state index contributed by atoms with van der Waals surface area (Å²) in [5, 5.41) is 6.24. The first-order valence-corrected chi connectivity index (χ1v) is 12.3. The molecule has 5 rings (SSSR count). The van der Waals surface area contributed by atoms with Gasteiger partial charge in [-0.25, -0.2) is 9.40 Å². The lowest BCUT2D eigenvalue weighted by Crippen LogP contribution is -2.49. The van der Waals surface area contributed by atoms with Crippen LogP contribution < -0.4 is 0 Å². The summed E-state index contributed by atoms with van der Waals surface area (Å²) in [5.41, 5.74) is 4.78. The van der Waals surface area contributed by atoms with Gasteiger partial charge in [0.1, 0.15) is 5.82 Å². The van der Waals surface area contributed by atoms with Crippen molar-refractivity contribution in [3.8, 4) is 0 Å². The molecule has 0 aromatic heterocycles. The molecule has 6 heteroatoms. The summed E-state index contributed by atoms with van der Waals surface area (Å²) < 4.78 is 14.7. The minimum Gasteiger partial charge on any atom is -0.297 e. The molecule has 1 atom stereocenters. The average Bonchev–Trinajstić information content (AvgIpc) is 3.32. The van der Waals surface area contributed by atoms with Crippen molar-refractivity contribution in [3.05, 3.63) is 107 Å². The van der Waals surface area contributed by atoms with Crippen LogP contribution in [-0.2, 0) is 11.3 Å². The van der Waals surface area contributed by atoms with Crippen LogP contribution in [-0.4, -0.2) is 59.2 Å². The number of hydrogen-bond acceptors (Lipinski definition) is 4. The first-order chi connectivity index (χ1) is 17.1. The van der Waals surface area contributed by atoms with Crippen LogP contribution in [0.1, 0.15) is 34.7 Å². The second-order valence-electron chi connectivity index (χ2n) is 9.43. The molecular formula is C29H31FN4O. The first-order valence-electron chi connectivity index (χ1n) is 12.3. The van der Waals surface area contributed by atoms with Gasteiger partial charge in [0.2, 0.25) is 0 Å². The Balaban J connectivity index is 1.28. The van der Waals surface area contributed by atoms with E-state index in [1.807, 2.05) is 43.3 Å². The fourth-order valence-electron chi connectivity index (χ4n) is 4.86. The number of benzene rings is 3. The lowest BCUT2D eigenvalue weighted by atomic mass is 9.97. The summed E-state index contributed by atoms with van der Waals surface area (Å²) in [6.45, 7) is 6.73. The molecule has 0 radical (unpaired) electrons. The Hall–Kier alpha value is -3.35. The van der Waals surface area contributed by atoms with Crippen LogP contribution in [0.2, 0.25) is 0 Å². The number of aryl methyl sites for hydroxylation is 1. The maximum absolute atomic E-state index is 14.7. The smallest absolute Gasteiger partial charge is 0.257 e. The highest BCUT2D eigenvalue weighted by Crippen LogP contribution is 2.34. The summed E-state index contributed by atoms with van der Waals surface area (Å²) in [6, 6.07) is 24.9. The number of rotatable bonds is 6. The number of amides is 1. The van der Waals surface area contributed by atoms with E-state index in [4.69, 9.17) is 5.10 Å². The number of carbonyl (C=O) groups excluding carboxylic acids is 1. The van der Waals surface area contributed by atoms with Gasteiger partial charge >= 0.3 is 0 Å². The zero-order valence-corrected chi connectivity index (χ0v) is 20.1. The zero-order chi connectivity index (χ0) is 24.2. The van der Waals surface area contributed by atoms with Crippen LogP contribution in [0.3, 0.4) is 0 Å². The highest BCUT2D eigenvalue weighted by Gasteiger charge is 2.35. The standard InChI is InChI=1S/C29H31FN4O/c1-22-11-13-24(14-12-22)27-19-28(25-9-5-6-10-26(25)30)34(31-27)29(35)21-33-17-15-32(16-18-33)20-23-7-3-2-4-8-23/h2-14,28H,15-21H2,1H3/t28-/m0/s1. The molecule has 2 aliphatic rings. The minimum absolute atomic E-state index is 0.0862. The fraction of sp³-hybridized carbons (Fsp3) is 0.310. The molecule has 0 saturated carbocycles. The number of piperazine rings is 1. The highest BCUT2D eigenvalue weighted by molar-refractivity contribution is 6.03. The third-order valence-electron chi connectivity index (χ3n) is 6.89. The Morgan fingerprint density at radius 3 is 2.26 bits per heavy atom. The van der Waals surface area contributed by atoms with Crippen molar-refractivity contribution in [1.82, 2.24) is 14.8 Å². The Morgan fingerprint density at radius 1 is 0.886 bits per heavy atom. The summed E-state index contributed by atoms with van der Waals surface area (Å²) in [5.74, 6) is -0.387. The minimum atomic E-state index is -0.431. The normalized spacial score (nSPS) is 19.1. The van der Waals surface area contributed by atoms with E-state index < -0.39 is 6.04 Å². The Kier molecular flexibility index (Phi) is 7.02. The van der Waals surface area contributed by atoms with Crippen molar-refractivity contribution in [3.63, 3.8) is 0 Å². The van der Waals surface area contributed by atoms with Gasteiger partial charge in [0, 0.05) is 44.7 Å². The van der Waals surface area contributed by atoms with Gasteiger partial charge in [-0.2, -0.15) is 5.10 Å². The van der Waals surface area contributed by atoms with Crippen molar-refractivity contribution in [1.29, 1.82) is 0 Å². The monoisotopic (exact) mass is 470 g/mol. The van der Waals surface area contributed by atoms with E-state index in [2.05, 4.69) is 34.1 Å². The molecule has 0 unspecified atom stereocenters. The van der Waals surface area contributed by atoms with Crippen molar-refractivity contribution in [2.75, 3.05) is 32.7 Å². The third-order valence-corrected chi connectivity index (χ3v) is 6.89. The van der Waals surface area contributed by atoms with Gasteiger partial charge in [0.05, 0.1) is 18.3 Å². The van der Waals surface area contributed by atoms with Crippen LogP contribution in [0.5, 0.6) is 0 Å². The summed E-state index contributed by atoms with van der Waals surface area (Å²) in [4.78, 5) is 18.1. The van der Waals surface area contributed by atoms with Gasteiger partial charge < -0.3 is 0 Å². The maximum Gasteiger partial charge on any atom is 0.257 e. The summed E-state index contributed by atoms with van der Waals surface area (Å²) in [6.07, 6.45) is 0.501. The Morgan fingerprint density at radius 2 is 1.54 bits per heavy atom. The number of hydrazone groups is 1. The molecule has 2 aliphatic heterocycles. The van der Waals surface area contributed by atoms with Crippen LogP contribution in [0.25, 0.3) is 0 Å². The van der Waals surface area contributed by atoms with E-state index in [9.17, 15) is 9.18 Å². The van der Waals surface area contributed by atoms with E-state index in [1.54, 1.807) is 12.1 Å². The molecule has 2 heterocycles. The van der Waals surface area contributed by atoms with E-state index in [1.165, 1.54) is 16.6 Å². The topological polar surface area (TPSA) is 39.2 Å². The van der Waals surface area contributed by atoms with E-state index in [-0.39, 0.29) is 18.3 Å². The van der Waals surface area contributed by atoms with Crippen molar-refractivity contribution >= 4 is 11.6 Å². The average molecular weight is 471 g/mol. The molecule has 5 nitrogen and oxygen atoms in total. The SMILES string of the molecule is Cc1ccc(C2=NN(C(=O)CN3CCN(Cc4ccccc4)CC3)[C@H](c3ccccc3F)C2)cc1. The number of halogens is 1. The molecule has 1 saturated heterocycles. The van der Waals surface area contributed by atoms with Crippen LogP contribution >= 0.6 is 0 Å². The van der Waals surface area contributed by atoms with Gasteiger partial charge in [-0.15, -0.1) is 0 Å². The lowest BCUT2D eigenvalue weighted by Gasteiger charge is -2.35. The molecular weight excluding hydrogens is 439 g/mol. The second kappa shape index (κ2) is 10.5. The van der Waals surface area contributed by atoms with Gasteiger partial charge in [0.15, 0.2) is 0 Å². The Bertz CT molecular complexity index is 1190. The van der Waals surface area contributed by atoms with Crippen LogP contribution in [0.4, 0.5) is 4.39 Å². The number of carbonyl (C=O) groups is 1. The van der Waals surface area contributed by atoms with Gasteiger partial charge in [-0.3, -0.25) is 14.6 Å². The van der Waals surface area contributed by atoms with E-state index in [0.717, 1.165) is 49.6 Å². The third kappa shape index (κ3) is 5.50. The molecule has 3 aromatic rings. The van der Waals surface area contributed by atoms with E-state index >= 15 is 0 Å². The molecule has 0 aliphatic carbocycles. The quantitative estimate of drug-likeness (QED) is 0.527. The second-order valence-corrected chi connectivity index (χ2v) is 9.43. The maximum atomic E-state index is 14.7. The van der Waals surface area contributed by atoms with Gasteiger partial charge in [0.25, 0.3) is 5.91 Å². The van der Waals surface area contributed by atoms with Crippen LogP contribution in [0.15, 0.2) is 84.0 Å². The van der Waals surface area contributed by atoms with Crippen molar-refractivity contribution in [2.24, 2.45) is 5.10 Å². The summed E-state index contributed by atoms with van der Waals surface area (Å²) in [7, 11) is 0. The van der Waals surface area contributed by atoms with Crippen molar-refractivity contribution in [2.45, 2.75) is 25.9 Å². The van der Waals surface area contributed by atoms with E-state index in [0.29, 0.717) is 12.0 Å². The van der Waals surface area contributed by atoms with Crippen LogP contribution in [0, 0.1) is 12.7 Å². The van der Waals surface area contributed by atoms with Gasteiger partial charge in [-0.05, 0) is 24.1 Å². The molecule has 1 fully saturated rings. The molecule has 0 bridgehead atoms. The molecule has 3 aromatic carbocycles. The molecule has 180 valence electrons. The zero-order valence-electron chi connectivity index (χ0n) is 20.1. The van der Waals surface area contributed by atoms with Crippen molar-refractivity contribution < 1.29 is 9.18 Å². The largest absolute Gasteiger partial charge is 0.297 e. The van der Waals surface area contributed by atoms with Gasteiger partial charge in [-0.1, -0.05) is 78.4 Å². The molecule has 0 N–H and O–H groups in total. The Labute approximate surface area is 206 Å².